The van der Waals surface area contributed by atoms with E-state index in [0.717, 1.165) is 6.42 Å². The van der Waals surface area contributed by atoms with Gasteiger partial charge in [-0.1, -0.05) is 24.3 Å². The molecule has 2 aromatic heterocycles. The monoisotopic (exact) mass is 483 g/mol. The lowest BCUT2D eigenvalue weighted by Gasteiger charge is -2.24. The molecule has 1 amide bonds. The Bertz CT molecular complexity index is 1260. The van der Waals surface area contributed by atoms with E-state index in [2.05, 4.69) is 10.2 Å². The first-order chi connectivity index (χ1) is 16.3. The molecule has 1 unspecified atom stereocenters. The molecule has 9 nitrogen and oxygen atoms in total. The van der Waals surface area contributed by atoms with Gasteiger partial charge in [0.25, 0.3) is 5.91 Å². The number of amides is 1. The number of ether oxygens (including phenoxy) is 2. The van der Waals surface area contributed by atoms with Crippen LogP contribution in [0.4, 0.5) is 5.13 Å². The number of aryl methyl sites for hydroxylation is 2. The van der Waals surface area contributed by atoms with Crippen molar-refractivity contribution in [3.05, 3.63) is 63.8 Å². The molecule has 0 aliphatic carbocycles. The molecule has 0 fully saturated rings. The lowest BCUT2D eigenvalue weighted by Crippen LogP contribution is -2.31. The summed E-state index contributed by atoms with van der Waals surface area (Å²) < 4.78 is 17.1. The Kier molecular flexibility index (Phi) is 6.69. The molecule has 1 aliphatic rings. The second-order valence-corrected chi connectivity index (χ2v) is 8.83. The summed E-state index contributed by atoms with van der Waals surface area (Å²) in [7, 11) is 0. The SMILES string of the molecule is CCCOc1ccc(C2C(C(=O)c3ccc(C)o3)=C(O)C(=O)N2c2nnc(C)s2)cc1OCC. The average molecular weight is 484 g/mol. The molecule has 3 aromatic rings. The Labute approximate surface area is 200 Å². The predicted molar refractivity (Wildman–Crippen MR) is 126 cm³/mol. The van der Waals surface area contributed by atoms with Crippen LogP contribution in [0.2, 0.25) is 0 Å². The number of Topliss-reactive ketones (excluding diaryl/α,β-unsaturated/α-hetero) is 1. The van der Waals surface area contributed by atoms with Gasteiger partial charge in [0, 0.05) is 0 Å². The molecule has 0 saturated heterocycles. The topological polar surface area (TPSA) is 115 Å². The Morgan fingerprint density at radius 2 is 1.94 bits per heavy atom. The molecule has 0 saturated carbocycles. The summed E-state index contributed by atoms with van der Waals surface area (Å²) in [5, 5.41) is 19.8. The standard InChI is InChI=1S/C24H25N3O6S/c1-5-11-32-16-10-8-15(12-18(16)31-6-2)20-19(21(28)17-9-7-13(3)33-17)22(29)23(30)27(20)24-26-25-14(4)34-24/h7-10,12,20,29H,5-6,11H2,1-4H3. The fraction of sp³-hybridized carbons (Fsp3) is 0.333. The fourth-order valence-corrected chi connectivity index (χ4v) is 4.43. The van der Waals surface area contributed by atoms with E-state index in [-0.39, 0.29) is 16.5 Å². The number of carbonyl (C=O) groups excluding carboxylic acids is 2. The third kappa shape index (κ3) is 4.28. The van der Waals surface area contributed by atoms with E-state index >= 15 is 0 Å². The molecule has 178 valence electrons. The van der Waals surface area contributed by atoms with Gasteiger partial charge in [-0.15, -0.1) is 10.2 Å². The number of hydrogen-bond acceptors (Lipinski definition) is 9. The third-order valence-electron chi connectivity index (χ3n) is 5.18. The smallest absolute Gasteiger partial charge is 0.296 e. The van der Waals surface area contributed by atoms with Crippen LogP contribution in [-0.2, 0) is 4.79 Å². The maximum absolute atomic E-state index is 13.4. The zero-order chi connectivity index (χ0) is 24.4. The van der Waals surface area contributed by atoms with Crippen molar-refractivity contribution in [1.82, 2.24) is 10.2 Å². The van der Waals surface area contributed by atoms with Gasteiger partial charge in [0.1, 0.15) is 10.8 Å². The fourth-order valence-electron chi connectivity index (χ4n) is 3.72. The lowest BCUT2D eigenvalue weighted by atomic mass is 9.95. The third-order valence-corrected chi connectivity index (χ3v) is 6.02. The number of aliphatic hydroxyl groups excluding tert-OH is 1. The Balaban J connectivity index is 1.85. The minimum absolute atomic E-state index is 0.0278. The zero-order valence-electron chi connectivity index (χ0n) is 19.3. The van der Waals surface area contributed by atoms with Crippen LogP contribution in [-0.4, -0.2) is 40.2 Å². The van der Waals surface area contributed by atoms with Gasteiger partial charge in [-0.2, -0.15) is 0 Å². The number of carbonyl (C=O) groups is 2. The Morgan fingerprint density at radius 3 is 2.56 bits per heavy atom. The molecule has 34 heavy (non-hydrogen) atoms. The number of rotatable bonds is 9. The highest BCUT2D eigenvalue weighted by molar-refractivity contribution is 7.15. The van der Waals surface area contributed by atoms with Crippen LogP contribution in [0, 0.1) is 13.8 Å². The molecular weight excluding hydrogens is 458 g/mol. The predicted octanol–water partition coefficient (Wildman–Crippen LogP) is 4.72. The molecule has 1 aliphatic heterocycles. The van der Waals surface area contributed by atoms with Gasteiger partial charge >= 0.3 is 0 Å². The van der Waals surface area contributed by atoms with Gasteiger partial charge in [-0.05, 0) is 57.0 Å². The van der Waals surface area contributed by atoms with Gasteiger partial charge in [-0.25, -0.2) is 0 Å². The van der Waals surface area contributed by atoms with E-state index in [0.29, 0.717) is 41.0 Å². The molecule has 0 spiro atoms. The van der Waals surface area contributed by atoms with Crippen molar-refractivity contribution in [1.29, 1.82) is 0 Å². The molecule has 1 aromatic carbocycles. The molecule has 0 bridgehead atoms. The van der Waals surface area contributed by atoms with Crippen molar-refractivity contribution >= 4 is 28.2 Å². The first kappa shape index (κ1) is 23.5. The molecule has 4 rings (SSSR count). The first-order valence-electron chi connectivity index (χ1n) is 10.9. The van der Waals surface area contributed by atoms with Crippen molar-refractivity contribution in [2.45, 2.75) is 40.2 Å². The van der Waals surface area contributed by atoms with Crippen LogP contribution < -0.4 is 14.4 Å². The largest absolute Gasteiger partial charge is 0.503 e. The molecule has 10 heteroatoms. The van der Waals surface area contributed by atoms with Crippen molar-refractivity contribution < 1.29 is 28.6 Å². The minimum Gasteiger partial charge on any atom is -0.503 e. The number of furan rings is 1. The molecule has 3 heterocycles. The number of aromatic nitrogens is 2. The van der Waals surface area contributed by atoms with Crippen LogP contribution in [0.15, 0.2) is 46.1 Å². The summed E-state index contributed by atoms with van der Waals surface area (Å²) in [4.78, 5) is 27.9. The van der Waals surface area contributed by atoms with Crippen molar-refractivity contribution in [3.63, 3.8) is 0 Å². The second kappa shape index (κ2) is 9.68. The lowest BCUT2D eigenvalue weighted by molar-refractivity contribution is -0.117. The Hall–Kier alpha value is -3.66. The van der Waals surface area contributed by atoms with Crippen molar-refractivity contribution in [2.24, 2.45) is 0 Å². The Morgan fingerprint density at radius 1 is 1.15 bits per heavy atom. The van der Waals surface area contributed by atoms with Crippen LogP contribution in [0.25, 0.3) is 0 Å². The zero-order valence-corrected chi connectivity index (χ0v) is 20.1. The number of aliphatic hydroxyl groups is 1. The van der Waals surface area contributed by atoms with Crippen LogP contribution in [0.5, 0.6) is 11.5 Å². The highest BCUT2D eigenvalue weighted by atomic mass is 32.1. The van der Waals surface area contributed by atoms with E-state index < -0.39 is 23.5 Å². The summed E-state index contributed by atoms with van der Waals surface area (Å²) in [6, 6.07) is 7.40. The summed E-state index contributed by atoms with van der Waals surface area (Å²) >= 11 is 1.19. The van der Waals surface area contributed by atoms with E-state index in [9.17, 15) is 14.7 Å². The maximum atomic E-state index is 13.4. The van der Waals surface area contributed by atoms with E-state index in [1.165, 1.54) is 22.3 Å². The minimum atomic E-state index is -0.961. The van der Waals surface area contributed by atoms with Crippen LogP contribution in [0.3, 0.4) is 0 Å². The summed E-state index contributed by atoms with van der Waals surface area (Å²) in [6.07, 6.45) is 0.826. The van der Waals surface area contributed by atoms with E-state index in [4.69, 9.17) is 13.9 Å². The van der Waals surface area contributed by atoms with Crippen molar-refractivity contribution in [3.8, 4) is 11.5 Å². The van der Waals surface area contributed by atoms with Gasteiger partial charge < -0.3 is 19.0 Å². The molecule has 0 radical (unpaired) electrons. The average Bonchev–Trinajstić information content (AvgIpc) is 3.51. The van der Waals surface area contributed by atoms with E-state index in [1.807, 2.05) is 13.8 Å². The number of hydrogen-bond donors (Lipinski definition) is 1. The summed E-state index contributed by atoms with van der Waals surface area (Å²) in [6.45, 7) is 8.23. The molecule has 1 atom stereocenters. The van der Waals surface area contributed by atoms with Gasteiger partial charge in [0.05, 0.1) is 24.8 Å². The van der Waals surface area contributed by atoms with Crippen LogP contribution >= 0.6 is 11.3 Å². The number of anilines is 1. The number of nitrogens with zero attached hydrogens (tertiary/aromatic N) is 3. The highest BCUT2D eigenvalue weighted by Gasteiger charge is 2.46. The van der Waals surface area contributed by atoms with Gasteiger partial charge in [0.15, 0.2) is 23.0 Å². The maximum Gasteiger partial charge on any atom is 0.296 e. The van der Waals surface area contributed by atoms with Crippen molar-refractivity contribution in [2.75, 3.05) is 18.1 Å². The van der Waals surface area contributed by atoms with E-state index in [1.54, 1.807) is 38.1 Å². The molecular formula is C24H25N3O6S. The second-order valence-electron chi connectivity index (χ2n) is 7.67. The number of ketones is 1. The number of benzene rings is 1. The van der Waals surface area contributed by atoms with Gasteiger partial charge in [0.2, 0.25) is 10.9 Å². The highest BCUT2D eigenvalue weighted by Crippen LogP contribution is 2.44. The molecule has 1 N–H and O–H groups in total. The van der Waals surface area contributed by atoms with Crippen LogP contribution in [0.1, 0.15) is 53.2 Å². The first-order valence-corrected chi connectivity index (χ1v) is 11.7. The quantitative estimate of drug-likeness (QED) is 0.435. The summed E-state index contributed by atoms with van der Waals surface area (Å²) in [5.41, 5.74) is 0.445. The normalized spacial score (nSPS) is 15.8. The summed E-state index contributed by atoms with van der Waals surface area (Å²) in [5.74, 6) is -0.383. The van der Waals surface area contributed by atoms with Gasteiger partial charge in [-0.3, -0.25) is 14.5 Å².